The van der Waals surface area contributed by atoms with Gasteiger partial charge in [-0.05, 0) is 30.9 Å². The highest BCUT2D eigenvalue weighted by Gasteiger charge is 2.37. The van der Waals surface area contributed by atoms with Crippen LogP contribution in [0.5, 0.6) is 0 Å². The van der Waals surface area contributed by atoms with E-state index in [2.05, 4.69) is 15.5 Å². The van der Waals surface area contributed by atoms with E-state index in [1.54, 1.807) is 6.21 Å². The molecule has 2 aromatic rings. The number of hydrazone groups is 1. The summed E-state index contributed by atoms with van der Waals surface area (Å²) < 4.78 is 79.0. The fraction of sp³-hybridized carbons (Fsp3) is 0.444. The van der Waals surface area contributed by atoms with Crippen LogP contribution in [-0.4, -0.2) is 11.2 Å². The number of benzene rings is 1. The standard InChI is InChI=1S/C18H17F6N3/c19-17(20,21)13-8-4-7-12-14(9-15(18(22,23)24)26-16(12)13)27-25-10-11-5-2-1-3-6-11/h4,7-11H,1-3,5-6H2,(H,26,27)/b25-10+. The molecule has 1 N–H and O–H groups in total. The van der Waals surface area contributed by atoms with Gasteiger partial charge < -0.3 is 0 Å². The van der Waals surface area contributed by atoms with E-state index in [0.29, 0.717) is 12.1 Å². The fourth-order valence-corrected chi connectivity index (χ4v) is 3.21. The van der Waals surface area contributed by atoms with Crippen molar-refractivity contribution in [3.05, 3.63) is 35.5 Å². The number of para-hydroxylation sites is 1. The van der Waals surface area contributed by atoms with Gasteiger partial charge in [-0.1, -0.05) is 31.4 Å². The molecule has 1 aliphatic carbocycles. The number of hydrogen-bond acceptors (Lipinski definition) is 3. The second-order valence-electron chi connectivity index (χ2n) is 6.54. The molecule has 0 spiro atoms. The average Bonchev–Trinajstić information content (AvgIpc) is 2.60. The van der Waals surface area contributed by atoms with Gasteiger partial charge in [0, 0.05) is 11.6 Å². The molecular weight excluding hydrogens is 372 g/mol. The van der Waals surface area contributed by atoms with Crippen molar-refractivity contribution in [3.8, 4) is 0 Å². The van der Waals surface area contributed by atoms with Crippen molar-refractivity contribution in [2.24, 2.45) is 11.0 Å². The van der Waals surface area contributed by atoms with Gasteiger partial charge in [0.25, 0.3) is 0 Å². The van der Waals surface area contributed by atoms with Crippen molar-refractivity contribution in [2.45, 2.75) is 44.5 Å². The highest BCUT2D eigenvalue weighted by molar-refractivity contribution is 5.94. The molecule has 0 bridgehead atoms. The molecule has 1 aromatic carbocycles. The Morgan fingerprint density at radius 2 is 1.70 bits per heavy atom. The lowest BCUT2D eigenvalue weighted by Gasteiger charge is -2.17. The van der Waals surface area contributed by atoms with E-state index in [4.69, 9.17) is 0 Å². The molecule has 0 amide bonds. The molecular formula is C18H17F6N3. The van der Waals surface area contributed by atoms with Crippen LogP contribution >= 0.6 is 0 Å². The Hall–Kier alpha value is -2.32. The third kappa shape index (κ3) is 4.51. The Kier molecular flexibility index (Phi) is 5.30. The molecule has 0 radical (unpaired) electrons. The number of nitrogens with one attached hydrogen (secondary N) is 1. The van der Waals surface area contributed by atoms with Gasteiger partial charge in [-0.25, -0.2) is 4.98 Å². The Balaban J connectivity index is 2.03. The maximum Gasteiger partial charge on any atom is 0.433 e. The van der Waals surface area contributed by atoms with Crippen LogP contribution in [0.15, 0.2) is 29.4 Å². The van der Waals surface area contributed by atoms with Crippen molar-refractivity contribution >= 4 is 22.8 Å². The SMILES string of the molecule is FC(F)(F)c1cc(N/N=C/C2CCCCC2)c2cccc(C(F)(F)F)c2n1. The Bertz CT molecular complexity index is 835. The summed E-state index contributed by atoms with van der Waals surface area (Å²) >= 11 is 0. The molecule has 3 nitrogen and oxygen atoms in total. The maximum absolute atomic E-state index is 13.2. The first-order valence-electron chi connectivity index (χ1n) is 8.53. The molecule has 1 saturated carbocycles. The smallest absolute Gasteiger partial charge is 0.278 e. The normalized spacial score (nSPS) is 17.0. The number of pyridine rings is 1. The molecule has 27 heavy (non-hydrogen) atoms. The Labute approximate surface area is 151 Å². The minimum Gasteiger partial charge on any atom is -0.278 e. The summed E-state index contributed by atoms with van der Waals surface area (Å²) in [5.41, 5.74) is -1.05. The molecule has 0 atom stereocenters. The van der Waals surface area contributed by atoms with Crippen LogP contribution in [0.4, 0.5) is 32.0 Å². The van der Waals surface area contributed by atoms with Gasteiger partial charge >= 0.3 is 12.4 Å². The van der Waals surface area contributed by atoms with Gasteiger partial charge in [0.2, 0.25) is 0 Å². The van der Waals surface area contributed by atoms with Crippen LogP contribution in [0, 0.1) is 5.92 Å². The number of hydrogen-bond donors (Lipinski definition) is 1. The number of fused-ring (bicyclic) bond motifs is 1. The maximum atomic E-state index is 13.2. The van der Waals surface area contributed by atoms with Crippen LogP contribution in [0.25, 0.3) is 10.9 Å². The lowest BCUT2D eigenvalue weighted by Crippen LogP contribution is -2.13. The van der Waals surface area contributed by atoms with Crippen LogP contribution in [-0.2, 0) is 12.4 Å². The zero-order valence-electron chi connectivity index (χ0n) is 14.2. The number of nitrogens with zero attached hydrogens (tertiary/aromatic N) is 2. The monoisotopic (exact) mass is 389 g/mol. The summed E-state index contributed by atoms with van der Waals surface area (Å²) in [6.45, 7) is 0. The van der Waals surface area contributed by atoms with E-state index in [9.17, 15) is 26.3 Å². The van der Waals surface area contributed by atoms with Crippen molar-refractivity contribution in [3.63, 3.8) is 0 Å². The number of anilines is 1. The first-order chi connectivity index (χ1) is 12.7. The predicted molar refractivity (Wildman–Crippen MR) is 90.4 cm³/mol. The molecule has 146 valence electrons. The van der Waals surface area contributed by atoms with Crippen molar-refractivity contribution in [2.75, 3.05) is 5.43 Å². The predicted octanol–water partition coefficient (Wildman–Crippen LogP) is 6.25. The second kappa shape index (κ2) is 7.36. The van der Waals surface area contributed by atoms with Crippen LogP contribution < -0.4 is 5.43 Å². The summed E-state index contributed by atoms with van der Waals surface area (Å²) in [6.07, 6.45) is -2.95. The van der Waals surface area contributed by atoms with Gasteiger partial charge in [-0.15, -0.1) is 0 Å². The Morgan fingerprint density at radius 1 is 1.00 bits per heavy atom. The van der Waals surface area contributed by atoms with Gasteiger partial charge in [-0.3, -0.25) is 5.43 Å². The van der Waals surface area contributed by atoms with E-state index in [0.717, 1.165) is 38.2 Å². The second-order valence-corrected chi connectivity index (χ2v) is 6.54. The lowest BCUT2D eigenvalue weighted by molar-refractivity contribution is -0.142. The van der Waals surface area contributed by atoms with Crippen LogP contribution in [0.1, 0.15) is 43.4 Å². The topological polar surface area (TPSA) is 37.3 Å². The lowest BCUT2D eigenvalue weighted by atomic mass is 9.90. The minimum atomic E-state index is -4.88. The van der Waals surface area contributed by atoms with Gasteiger partial charge in [0.15, 0.2) is 0 Å². The summed E-state index contributed by atoms with van der Waals surface area (Å²) in [6, 6.07) is 3.82. The van der Waals surface area contributed by atoms with E-state index in [1.165, 1.54) is 6.07 Å². The first kappa shape index (κ1) is 19.4. The largest absolute Gasteiger partial charge is 0.433 e. The number of alkyl halides is 6. The number of halogens is 6. The van der Waals surface area contributed by atoms with E-state index >= 15 is 0 Å². The quantitative estimate of drug-likeness (QED) is 0.383. The summed E-state index contributed by atoms with van der Waals surface area (Å²) in [4.78, 5) is 3.23. The minimum absolute atomic E-state index is 0.0707. The summed E-state index contributed by atoms with van der Waals surface area (Å²) in [5, 5.41) is 3.91. The van der Waals surface area contributed by atoms with Crippen LogP contribution in [0.3, 0.4) is 0 Å². The zero-order chi connectivity index (χ0) is 19.7. The third-order valence-electron chi connectivity index (χ3n) is 4.56. The molecule has 1 aromatic heterocycles. The first-order valence-corrected chi connectivity index (χ1v) is 8.53. The molecule has 0 saturated heterocycles. The van der Waals surface area contributed by atoms with Crippen molar-refractivity contribution in [1.82, 2.24) is 4.98 Å². The third-order valence-corrected chi connectivity index (χ3v) is 4.56. The molecule has 1 aliphatic rings. The zero-order valence-corrected chi connectivity index (χ0v) is 14.2. The molecule has 0 aliphatic heterocycles. The van der Waals surface area contributed by atoms with Crippen molar-refractivity contribution < 1.29 is 26.3 Å². The summed E-state index contributed by atoms with van der Waals surface area (Å²) in [5.74, 6) is 0.215. The molecule has 3 rings (SSSR count). The van der Waals surface area contributed by atoms with E-state index in [-0.39, 0.29) is 17.0 Å². The van der Waals surface area contributed by atoms with Gasteiger partial charge in [-0.2, -0.15) is 31.4 Å². The highest BCUT2D eigenvalue weighted by atomic mass is 19.4. The van der Waals surface area contributed by atoms with Gasteiger partial charge in [0.05, 0.1) is 16.8 Å². The molecule has 0 unspecified atom stereocenters. The molecule has 1 heterocycles. The summed E-state index contributed by atoms with van der Waals surface area (Å²) in [7, 11) is 0. The highest BCUT2D eigenvalue weighted by Crippen LogP contribution is 2.39. The van der Waals surface area contributed by atoms with Gasteiger partial charge in [0.1, 0.15) is 5.69 Å². The number of rotatable bonds is 3. The van der Waals surface area contributed by atoms with E-state index < -0.39 is 29.1 Å². The molecule has 1 fully saturated rings. The average molecular weight is 389 g/mol. The number of aromatic nitrogens is 1. The van der Waals surface area contributed by atoms with Crippen LogP contribution in [0.2, 0.25) is 0 Å². The molecule has 9 heteroatoms. The Morgan fingerprint density at radius 3 is 2.33 bits per heavy atom. The fourth-order valence-electron chi connectivity index (χ4n) is 3.21. The van der Waals surface area contributed by atoms with E-state index in [1.807, 2.05) is 0 Å². The van der Waals surface area contributed by atoms with Crippen molar-refractivity contribution in [1.29, 1.82) is 0 Å².